The van der Waals surface area contributed by atoms with Crippen molar-refractivity contribution in [2.24, 2.45) is 0 Å². The largest absolute Gasteiger partial charge is 0.389 e. The second kappa shape index (κ2) is 5.72. The first-order valence-electron chi connectivity index (χ1n) is 6.16. The van der Waals surface area contributed by atoms with E-state index in [9.17, 15) is 5.11 Å². The van der Waals surface area contributed by atoms with Gasteiger partial charge in [-0.3, -0.25) is 0 Å². The van der Waals surface area contributed by atoms with Gasteiger partial charge in [0.1, 0.15) is 0 Å². The first-order valence-corrected chi connectivity index (χ1v) is 6.16. The summed E-state index contributed by atoms with van der Waals surface area (Å²) in [6, 6.07) is 0.620. The first-order chi connectivity index (χ1) is 6.70. The van der Waals surface area contributed by atoms with Gasteiger partial charge in [-0.15, -0.1) is 0 Å². The van der Waals surface area contributed by atoms with Crippen molar-refractivity contribution in [2.45, 2.75) is 70.4 Å². The number of aliphatic hydroxyl groups is 1. The predicted octanol–water partition coefficient (Wildman–Crippen LogP) is 2.46. The van der Waals surface area contributed by atoms with Crippen molar-refractivity contribution < 1.29 is 5.11 Å². The molecule has 0 aliphatic heterocycles. The van der Waals surface area contributed by atoms with Crippen LogP contribution in [-0.2, 0) is 0 Å². The smallest absolute Gasteiger partial charge is 0.0771 e. The van der Waals surface area contributed by atoms with E-state index in [2.05, 4.69) is 19.2 Å². The Labute approximate surface area is 88.1 Å². The summed E-state index contributed by atoms with van der Waals surface area (Å²) in [6.45, 7) is 5.25. The molecule has 0 atom stereocenters. The fraction of sp³-hybridized carbons (Fsp3) is 1.00. The molecule has 0 radical (unpaired) electrons. The molecule has 1 aliphatic carbocycles. The van der Waals surface area contributed by atoms with Crippen LogP contribution in [-0.4, -0.2) is 23.3 Å². The first kappa shape index (κ1) is 12.0. The van der Waals surface area contributed by atoms with Crippen molar-refractivity contribution in [3.05, 3.63) is 0 Å². The van der Waals surface area contributed by atoms with Gasteiger partial charge in [0.2, 0.25) is 0 Å². The quantitative estimate of drug-likeness (QED) is 0.660. The van der Waals surface area contributed by atoms with E-state index in [1.165, 1.54) is 32.1 Å². The van der Waals surface area contributed by atoms with Crippen LogP contribution in [0.2, 0.25) is 0 Å². The zero-order valence-electron chi connectivity index (χ0n) is 9.68. The summed E-state index contributed by atoms with van der Waals surface area (Å²) in [5, 5.41) is 13.4. The van der Waals surface area contributed by atoms with Crippen LogP contribution >= 0.6 is 0 Å². The molecule has 0 unspecified atom stereocenters. The maximum Gasteiger partial charge on any atom is 0.0771 e. The zero-order chi connectivity index (χ0) is 10.4. The normalized spacial score (nSPS) is 19.7. The van der Waals surface area contributed by atoms with E-state index >= 15 is 0 Å². The molecule has 0 spiro atoms. The lowest BCUT2D eigenvalue weighted by Crippen LogP contribution is -2.48. The van der Waals surface area contributed by atoms with E-state index < -0.39 is 0 Å². The molecule has 0 heterocycles. The van der Waals surface area contributed by atoms with Gasteiger partial charge in [0, 0.05) is 12.6 Å². The average Bonchev–Trinajstić information content (AvgIpc) is 2.12. The molecule has 14 heavy (non-hydrogen) atoms. The lowest BCUT2D eigenvalue weighted by molar-refractivity contribution is -0.0335. The molecule has 0 amide bonds. The van der Waals surface area contributed by atoms with Crippen LogP contribution in [0.15, 0.2) is 0 Å². The Morgan fingerprint density at radius 1 is 1.21 bits per heavy atom. The van der Waals surface area contributed by atoms with Crippen LogP contribution < -0.4 is 5.32 Å². The average molecular weight is 199 g/mol. The van der Waals surface area contributed by atoms with Gasteiger partial charge in [0.15, 0.2) is 0 Å². The summed E-state index contributed by atoms with van der Waals surface area (Å²) >= 11 is 0. The number of rotatable bonds is 7. The Bertz CT molecular complexity index is 148. The zero-order valence-corrected chi connectivity index (χ0v) is 9.68. The Morgan fingerprint density at radius 3 is 2.14 bits per heavy atom. The van der Waals surface area contributed by atoms with E-state index in [1.54, 1.807) is 0 Å². The topological polar surface area (TPSA) is 32.3 Å². The van der Waals surface area contributed by atoms with Crippen LogP contribution in [0, 0.1) is 0 Å². The molecule has 2 heteroatoms. The van der Waals surface area contributed by atoms with Crippen molar-refractivity contribution in [2.75, 3.05) is 6.54 Å². The van der Waals surface area contributed by atoms with Crippen molar-refractivity contribution in [1.82, 2.24) is 5.32 Å². The third-order valence-corrected chi connectivity index (χ3v) is 3.28. The molecular weight excluding hydrogens is 174 g/mol. The fourth-order valence-electron chi connectivity index (χ4n) is 2.14. The van der Waals surface area contributed by atoms with Gasteiger partial charge in [-0.25, -0.2) is 0 Å². The highest BCUT2D eigenvalue weighted by Gasteiger charge is 2.34. The molecule has 2 N–H and O–H groups in total. The van der Waals surface area contributed by atoms with Crippen LogP contribution in [0.25, 0.3) is 0 Å². The minimum atomic E-state index is -0.361. The second-order valence-corrected chi connectivity index (χ2v) is 4.73. The summed E-state index contributed by atoms with van der Waals surface area (Å²) in [5.74, 6) is 0. The maximum absolute atomic E-state index is 9.93. The summed E-state index contributed by atoms with van der Waals surface area (Å²) in [5.41, 5.74) is -0.361. The number of hydrogen-bond acceptors (Lipinski definition) is 2. The Morgan fingerprint density at radius 2 is 1.79 bits per heavy atom. The lowest BCUT2D eigenvalue weighted by Gasteiger charge is -2.38. The van der Waals surface area contributed by atoms with E-state index in [4.69, 9.17) is 0 Å². The summed E-state index contributed by atoms with van der Waals surface area (Å²) in [7, 11) is 0. The van der Waals surface area contributed by atoms with Crippen LogP contribution in [0.1, 0.15) is 58.8 Å². The van der Waals surface area contributed by atoms with Crippen LogP contribution in [0.3, 0.4) is 0 Å². The van der Waals surface area contributed by atoms with Gasteiger partial charge in [-0.05, 0) is 32.1 Å². The molecule has 1 fully saturated rings. The monoisotopic (exact) mass is 199 g/mol. The standard InChI is InChI=1S/C12H25NO/c1-3-6-11(7-4-2)13-10-12(14)8-5-9-12/h11,13-14H,3-10H2,1-2H3. The van der Waals surface area contributed by atoms with Crippen LogP contribution in [0.4, 0.5) is 0 Å². The van der Waals surface area contributed by atoms with Gasteiger partial charge in [-0.2, -0.15) is 0 Å². The Balaban J connectivity index is 2.17. The number of nitrogens with one attached hydrogen (secondary N) is 1. The third-order valence-electron chi connectivity index (χ3n) is 3.28. The molecule has 0 aromatic heterocycles. The van der Waals surface area contributed by atoms with Crippen molar-refractivity contribution in [3.8, 4) is 0 Å². The molecular formula is C12H25NO. The molecule has 0 bridgehead atoms. The lowest BCUT2D eigenvalue weighted by atomic mass is 9.80. The predicted molar refractivity (Wildman–Crippen MR) is 60.4 cm³/mol. The van der Waals surface area contributed by atoms with E-state index in [-0.39, 0.29) is 5.60 Å². The SMILES string of the molecule is CCCC(CCC)NCC1(O)CCC1. The van der Waals surface area contributed by atoms with Gasteiger partial charge < -0.3 is 10.4 Å². The van der Waals surface area contributed by atoms with Gasteiger partial charge in [0.05, 0.1) is 5.60 Å². The van der Waals surface area contributed by atoms with Crippen molar-refractivity contribution in [3.63, 3.8) is 0 Å². The molecule has 2 nitrogen and oxygen atoms in total. The molecule has 1 rings (SSSR count). The molecule has 0 aromatic rings. The molecule has 1 saturated carbocycles. The minimum Gasteiger partial charge on any atom is -0.389 e. The molecule has 0 aromatic carbocycles. The summed E-state index contributed by atoms with van der Waals surface area (Å²) < 4.78 is 0. The van der Waals surface area contributed by atoms with Gasteiger partial charge in [0.25, 0.3) is 0 Å². The molecule has 0 saturated heterocycles. The van der Waals surface area contributed by atoms with E-state index in [0.29, 0.717) is 6.04 Å². The van der Waals surface area contributed by atoms with E-state index in [1.807, 2.05) is 0 Å². The van der Waals surface area contributed by atoms with Gasteiger partial charge in [-0.1, -0.05) is 26.7 Å². The van der Waals surface area contributed by atoms with E-state index in [0.717, 1.165) is 19.4 Å². The van der Waals surface area contributed by atoms with Gasteiger partial charge >= 0.3 is 0 Å². The van der Waals surface area contributed by atoms with Crippen LogP contribution in [0.5, 0.6) is 0 Å². The Hall–Kier alpha value is -0.0800. The molecule has 84 valence electrons. The third kappa shape index (κ3) is 3.58. The molecule has 1 aliphatic rings. The summed E-state index contributed by atoms with van der Waals surface area (Å²) in [4.78, 5) is 0. The minimum absolute atomic E-state index is 0.361. The second-order valence-electron chi connectivity index (χ2n) is 4.73. The van der Waals surface area contributed by atoms with Crippen molar-refractivity contribution >= 4 is 0 Å². The Kier molecular flexibility index (Phi) is 4.90. The van der Waals surface area contributed by atoms with Crippen molar-refractivity contribution in [1.29, 1.82) is 0 Å². The highest BCUT2D eigenvalue weighted by molar-refractivity contribution is 4.90. The highest BCUT2D eigenvalue weighted by atomic mass is 16.3. The fourth-order valence-corrected chi connectivity index (χ4v) is 2.14. The number of hydrogen-bond donors (Lipinski definition) is 2. The maximum atomic E-state index is 9.93. The highest BCUT2D eigenvalue weighted by Crippen LogP contribution is 2.30. The summed E-state index contributed by atoms with van der Waals surface area (Å²) in [6.07, 6.45) is 8.13.